The summed E-state index contributed by atoms with van der Waals surface area (Å²) in [4.78, 5) is 28.1. The van der Waals surface area contributed by atoms with Crippen molar-refractivity contribution in [2.24, 2.45) is 0 Å². The van der Waals surface area contributed by atoms with Gasteiger partial charge in [0.15, 0.2) is 11.9 Å². The van der Waals surface area contributed by atoms with Crippen LogP contribution in [-0.4, -0.2) is 36.6 Å². The van der Waals surface area contributed by atoms with E-state index in [9.17, 15) is 9.59 Å². The lowest BCUT2D eigenvalue weighted by atomic mass is 9.81. The minimum absolute atomic E-state index is 0.0235. The van der Waals surface area contributed by atoms with Gasteiger partial charge in [0.25, 0.3) is 5.89 Å². The number of aldehydes is 1. The van der Waals surface area contributed by atoms with E-state index in [0.717, 1.165) is 5.56 Å². The molecule has 1 aliphatic heterocycles. The van der Waals surface area contributed by atoms with E-state index in [0.29, 0.717) is 6.29 Å². The first-order chi connectivity index (χ1) is 12.0. The maximum absolute atomic E-state index is 12.1. The molecule has 132 valence electrons. The molecule has 1 saturated heterocycles. The van der Waals surface area contributed by atoms with Gasteiger partial charge in [0.05, 0.1) is 26.3 Å². The number of hydrogen-bond acceptors (Lipinski definition) is 7. The Balaban J connectivity index is 1.98. The highest BCUT2D eigenvalue weighted by atomic mass is 16.8. The molecule has 3 atom stereocenters. The van der Waals surface area contributed by atoms with E-state index < -0.39 is 23.3 Å². The zero-order valence-electron chi connectivity index (χ0n) is 14.0. The molecule has 1 fully saturated rings. The maximum Gasteiger partial charge on any atom is 0.306 e. The van der Waals surface area contributed by atoms with Crippen LogP contribution in [0.1, 0.15) is 30.7 Å². The summed E-state index contributed by atoms with van der Waals surface area (Å²) in [5, 5.41) is 0. The highest BCUT2D eigenvalue weighted by Crippen LogP contribution is 2.45. The van der Waals surface area contributed by atoms with Gasteiger partial charge in [-0.05, 0) is 12.5 Å². The lowest BCUT2D eigenvalue weighted by Crippen LogP contribution is -2.43. The van der Waals surface area contributed by atoms with Crippen LogP contribution in [0.4, 0.5) is 0 Å². The second-order valence-corrected chi connectivity index (χ2v) is 5.99. The van der Waals surface area contributed by atoms with E-state index in [-0.39, 0.29) is 18.9 Å². The largest absolute Gasteiger partial charge is 0.469 e. The van der Waals surface area contributed by atoms with E-state index >= 15 is 0 Å². The highest BCUT2D eigenvalue weighted by molar-refractivity contribution is 5.74. The Morgan fingerprint density at radius 2 is 2.16 bits per heavy atom. The van der Waals surface area contributed by atoms with Crippen LogP contribution in [0.15, 0.2) is 47.2 Å². The number of ether oxygens (including phenoxy) is 3. The number of methoxy groups -OCH3 is 1. The van der Waals surface area contributed by atoms with Crippen LogP contribution in [0, 0.1) is 0 Å². The lowest BCUT2D eigenvalue weighted by Gasteiger charge is -2.32. The third-order valence-electron chi connectivity index (χ3n) is 4.37. The summed E-state index contributed by atoms with van der Waals surface area (Å²) in [5.41, 5.74) is -0.584. The normalized spacial score (nSPS) is 27.0. The van der Waals surface area contributed by atoms with Crippen molar-refractivity contribution in [3.05, 3.63) is 54.2 Å². The molecule has 0 amide bonds. The molecule has 7 nitrogen and oxygen atoms in total. The average molecular weight is 345 g/mol. The maximum atomic E-state index is 12.1. The molecule has 0 radical (unpaired) electrons. The van der Waals surface area contributed by atoms with Gasteiger partial charge in [-0.2, -0.15) is 0 Å². The minimum atomic E-state index is -1.36. The first kappa shape index (κ1) is 17.3. The van der Waals surface area contributed by atoms with E-state index in [1.165, 1.54) is 19.6 Å². The summed E-state index contributed by atoms with van der Waals surface area (Å²) in [6.07, 6.45) is 3.53. The number of oxazole rings is 1. The molecule has 0 aliphatic carbocycles. The van der Waals surface area contributed by atoms with Crippen molar-refractivity contribution in [1.82, 2.24) is 4.98 Å². The van der Waals surface area contributed by atoms with E-state index in [1.807, 2.05) is 30.3 Å². The molecule has 0 spiro atoms. The Morgan fingerprint density at radius 3 is 2.76 bits per heavy atom. The predicted molar refractivity (Wildman–Crippen MR) is 85.5 cm³/mol. The number of carbonyl (C=O) groups excluding carboxylic acids is 2. The zero-order valence-corrected chi connectivity index (χ0v) is 14.0. The summed E-state index contributed by atoms with van der Waals surface area (Å²) in [7, 11) is 1.31. The Bertz CT molecular complexity index is 731. The minimum Gasteiger partial charge on any atom is -0.469 e. The average Bonchev–Trinajstić information content (AvgIpc) is 3.30. The number of carbonyl (C=O) groups is 2. The van der Waals surface area contributed by atoms with E-state index in [1.54, 1.807) is 6.92 Å². The van der Waals surface area contributed by atoms with Gasteiger partial charge in [0.1, 0.15) is 6.26 Å². The molecule has 1 aromatic heterocycles. The first-order valence-corrected chi connectivity index (χ1v) is 7.85. The van der Waals surface area contributed by atoms with E-state index in [2.05, 4.69) is 4.98 Å². The number of esters is 1. The Labute approximate surface area is 144 Å². The fourth-order valence-corrected chi connectivity index (χ4v) is 3.05. The topological polar surface area (TPSA) is 87.9 Å². The van der Waals surface area contributed by atoms with Crippen LogP contribution in [0.5, 0.6) is 0 Å². The summed E-state index contributed by atoms with van der Waals surface area (Å²) >= 11 is 0. The molecule has 0 bridgehead atoms. The predicted octanol–water partition coefficient (Wildman–Crippen LogP) is 2.18. The number of hydrogen-bond donors (Lipinski definition) is 0. The Morgan fingerprint density at radius 1 is 1.40 bits per heavy atom. The van der Waals surface area contributed by atoms with Gasteiger partial charge in [-0.25, -0.2) is 4.98 Å². The number of rotatable bonds is 6. The number of nitrogens with zero attached hydrogens (tertiary/aromatic N) is 1. The SMILES string of the molecule is COC(=O)CC(c1ccccc1)C1(C=O)COC(C)(c2ncco2)O1. The quantitative estimate of drug-likeness (QED) is 0.585. The lowest BCUT2D eigenvalue weighted by molar-refractivity contribution is -0.199. The molecule has 1 aliphatic rings. The molecule has 2 heterocycles. The Hall–Kier alpha value is -2.51. The third kappa shape index (κ3) is 3.20. The van der Waals surface area contributed by atoms with Crippen molar-refractivity contribution in [3.63, 3.8) is 0 Å². The molecular formula is C18H19NO6. The molecular weight excluding hydrogens is 326 g/mol. The third-order valence-corrected chi connectivity index (χ3v) is 4.37. The first-order valence-electron chi connectivity index (χ1n) is 7.85. The van der Waals surface area contributed by atoms with Gasteiger partial charge in [-0.1, -0.05) is 30.3 Å². The van der Waals surface area contributed by atoms with Crippen molar-refractivity contribution in [2.45, 2.75) is 30.7 Å². The second-order valence-electron chi connectivity index (χ2n) is 5.99. The number of aromatic nitrogens is 1. The molecule has 1 aromatic carbocycles. The van der Waals surface area contributed by atoms with Crippen LogP contribution in [-0.2, 0) is 29.6 Å². The second kappa shape index (κ2) is 6.78. The zero-order chi connectivity index (χ0) is 17.9. The monoisotopic (exact) mass is 345 g/mol. The smallest absolute Gasteiger partial charge is 0.306 e. The van der Waals surface area contributed by atoms with Crippen molar-refractivity contribution < 1.29 is 28.2 Å². The van der Waals surface area contributed by atoms with Crippen LogP contribution in [0.3, 0.4) is 0 Å². The molecule has 0 saturated carbocycles. The fraction of sp³-hybridized carbons (Fsp3) is 0.389. The Kier molecular flexibility index (Phi) is 4.69. The molecule has 3 rings (SSSR count). The molecule has 7 heteroatoms. The van der Waals surface area contributed by atoms with Crippen LogP contribution < -0.4 is 0 Å². The summed E-state index contributed by atoms with van der Waals surface area (Å²) in [6, 6.07) is 9.20. The van der Waals surface area contributed by atoms with Crippen molar-refractivity contribution in [1.29, 1.82) is 0 Å². The number of benzene rings is 1. The molecule has 0 N–H and O–H groups in total. The van der Waals surface area contributed by atoms with Crippen LogP contribution in [0.25, 0.3) is 0 Å². The molecule has 2 aromatic rings. The summed E-state index contributed by atoms with van der Waals surface area (Å²) in [6.45, 7) is 1.59. The van der Waals surface area contributed by atoms with Crippen molar-refractivity contribution >= 4 is 12.3 Å². The standard InChI is InChI=1S/C18H19NO6/c1-17(16-19-8-9-23-16)24-12-18(11-20,25-17)14(10-15(21)22-2)13-6-4-3-5-7-13/h3-9,11,14H,10,12H2,1-2H3. The summed E-state index contributed by atoms with van der Waals surface area (Å²) in [5.74, 6) is -2.12. The van der Waals surface area contributed by atoms with Gasteiger partial charge in [0.2, 0.25) is 5.79 Å². The van der Waals surface area contributed by atoms with Crippen molar-refractivity contribution in [3.8, 4) is 0 Å². The summed E-state index contributed by atoms with van der Waals surface area (Å²) < 4.78 is 21.9. The molecule has 3 unspecified atom stereocenters. The van der Waals surface area contributed by atoms with Crippen molar-refractivity contribution in [2.75, 3.05) is 13.7 Å². The van der Waals surface area contributed by atoms with Gasteiger partial charge in [0, 0.05) is 5.92 Å². The van der Waals surface area contributed by atoms with Crippen LogP contribution in [0.2, 0.25) is 0 Å². The van der Waals surface area contributed by atoms with Gasteiger partial charge < -0.3 is 23.4 Å². The fourth-order valence-electron chi connectivity index (χ4n) is 3.05. The van der Waals surface area contributed by atoms with E-state index in [4.69, 9.17) is 18.6 Å². The molecule has 25 heavy (non-hydrogen) atoms. The van der Waals surface area contributed by atoms with Gasteiger partial charge in [-0.15, -0.1) is 0 Å². The van der Waals surface area contributed by atoms with Gasteiger partial charge in [-0.3, -0.25) is 4.79 Å². The highest BCUT2D eigenvalue weighted by Gasteiger charge is 2.56. The van der Waals surface area contributed by atoms with Gasteiger partial charge >= 0.3 is 5.97 Å². The van der Waals surface area contributed by atoms with Crippen LogP contribution >= 0.6 is 0 Å².